The van der Waals surface area contributed by atoms with Crippen LogP contribution in [-0.2, 0) is 0 Å². The van der Waals surface area contributed by atoms with Gasteiger partial charge in [-0.05, 0) is 18.2 Å². The number of hydrogen-bond donors (Lipinski definition) is 1. The Morgan fingerprint density at radius 3 is 2.62 bits per heavy atom. The molecule has 2 aromatic carbocycles. The number of carbonyl (C=O) groups excluding carboxylic acids is 1. The second-order valence-corrected chi connectivity index (χ2v) is 5.25. The summed E-state index contributed by atoms with van der Waals surface area (Å²) < 4.78 is 0.448. The maximum Gasteiger partial charge on any atom is 0.271 e. The number of nitrogens with zero attached hydrogens (tertiary/aromatic N) is 2. The predicted octanol–water partition coefficient (Wildman–Crippen LogP) is 3.34. The van der Waals surface area contributed by atoms with E-state index in [1.807, 2.05) is 0 Å². The standard InChI is InChI=1S/C14H11BrN2O4/c1-16(11-3-2-4-13(18)8-11)14(19)9-5-10(15)7-12(6-9)17(20)21/h2-8,18H,1H3. The minimum Gasteiger partial charge on any atom is -0.508 e. The number of nitro benzene ring substituents is 1. The highest BCUT2D eigenvalue weighted by Crippen LogP contribution is 2.25. The molecule has 7 heteroatoms. The van der Waals surface area contributed by atoms with Gasteiger partial charge in [-0.15, -0.1) is 0 Å². The van der Waals surface area contributed by atoms with E-state index >= 15 is 0 Å². The van der Waals surface area contributed by atoms with E-state index in [1.165, 1.54) is 42.3 Å². The summed E-state index contributed by atoms with van der Waals surface area (Å²) in [4.78, 5) is 24.0. The number of hydrogen-bond acceptors (Lipinski definition) is 4. The van der Waals surface area contributed by atoms with E-state index in [-0.39, 0.29) is 17.0 Å². The van der Waals surface area contributed by atoms with Gasteiger partial charge in [0.05, 0.1) is 4.92 Å². The summed E-state index contributed by atoms with van der Waals surface area (Å²) in [6.07, 6.45) is 0. The minimum absolute atomic E-state index is 0.0346. The molecule has 6 nitrogen and oxygen atoms in total. The zero-order chi connectivity index (χ0) is 15.6. The largest absolute Gasteiger partial charge is 0.508 e. The van der Waals surface area contributed by atoms with Crippen LogP contribution < -0.4 is 4.90 Å². The highest BCUT2D eigenvalue weighted by Gasteiger charge is 2.18. The summed E-state index contributed by atoms with van der Waals surface area (Å²) in [5.41, 5.74) is 0.501. The summed E-state index contributed by atoms with van der Waals surface area (Å²) in [7, 11) is 1.53. The van der Waals surface area contributed by atoms with Gasteiger partial charge in [-0.2, -0.15) is 0 Å². The van der Waals surface area contributed by atoms with Gasteiger partial charge in [0.15, 0.2) is 0 Å². The van der Waals surface area contributed by atoms with Crippen LogP contribution in [0.4, 0.5) is 11.4 Å². The highest BCUT2D eigenvalue weighted by atomic mass is 79.9. The number of phenols is 1. The Labute approximate surface area is 128 Å². The van der Waals surface area contributed by atoms with Gasteiger partial charge in [-0.3, -0.25) is 14.9 Å². The lowest BCUT2D eigenvalue weighted by atomic mass is 10.1. The molecule has 0 aliphatic heterocycles. The number of carbonyl (C=O) groups is 1. The van der Waals surface area contributed by atoms with Crippen molar-refractivity contribution in [3.8, 4) is 5.75 Å². The first-order valence-corrected chi connectivity index (χ1v) is 6.70. The van der Waals surface area contributed by atoms with Crippen LogP contribution in [0.1, 0.15) is 10.4 Å². The lowest BCUT2D eigenvalue weighted by Crippen LogP contribution is -2.26. The van der Waals surface area contributed by atoms with Gasteiger partial charge in [0.1, 0.15) is 5.75 Å². The monoisotopic (exact) mass is 350 g/mol. The fourth-order valence-corrected chi connectivity index (χ4v) is 2.30. The van der Waals surface area contributed by atoms with Crippen molar-refractivity contribution >= 4 is 33.2 Å². The zero-order valence-corrected chi connectivity index (χ0v) is 12.6. The van der Waals surface area contributed by atoms with E-state index in [0.29, 0.717) is 10.2 Å². The van der Waals surface area contributed by atoms with E-state index < -0.39 is 10.8 Å². The number of amides is 1. The molecule has 0 heterocycles. The SMILES string of the molecule is CN(C(=O)c1cc(Br)cc([N+](=O)[O-])c1)c1cccc(O)c1. The third kappa shape index (κ3) is 3.38. The van der Waals surface area contributed by atoms with Crippen molar-refractivity contribution in [2.75, 3.05) is 11.9 Å². The first-order chi connectivity index (χ1) is 9.88. The summed E-state index contributed by atoms with van der Waals surface area (Å²) in [5, 5.41) is 20.3. The second kappa shape index (κ2) is 5.92. The molecule has 0 aliphatic carbocycles. The van der Waals surface area contributed by atoms with Gasteiger partial charge in [-0.1, -0.05) is 22.0 Å². The first kappa shape index (κ1) is 15.0. The summed E-state index contributed by atoms with van der Waals surface area (Å²) >= 11 is 3.15. The Balaban J connectivity index is 2.37. The molecule has 1 N–H and O–H groups in total. The van der Waals surface area contributed by atoms with Crippen LogP contribution in [0.15, 0.2) is 46.9 Å². The Morgan fingerprint density at radius 1 is 1.29 bits per heavy atom. The van der Waals surface area contributed by atoms with Crippen LogP contribution in [-0.4, -0.2) is 23.0 Å². The molecule has 0 saturated heterocycles. The molecular formula is C14H11BrN2O4. The van der Waals surface area contributed by atoms with Crippen molar-refractivity contribution in [3.63, 3.8) is 0 Å². The maximum absolute atomic E-state index is 12.4. The molecule has 0 atom stereocenters. The minimum atomic E-state index is -0.560. The van der Waals surface area contributed by atoms with Gasteiger partial charge >= 0.3 is 0 Å². The van der Waals surface area contributed by atoms with Crippen LogP contribution in [0.2, 0.25) is 0 Å². The Morgan fingerprint density at radius 2 is 2.00 bits per heavy atom. The molecule has 0 radical (unpaired) electrons. The van der Waals surface area contributed by atoms with Gasteiger partial charge in [-0.25, -0.2) is 0 Å². The zero-order valence-electron chi connectivity index (χ0n) is 11.0. The van der Waals surface area contributed by atoms with Crippen molar-refractivity contribution in [3.05, 3.63) is 62.6 Å². The fraction of sp³-hybridized carbons (Fsp3) is 0.0714. The summed E-state index contributed by atoms with van der Waals surface area (Å²) in [5.74, 6) is -0.377. The van der Waals surface area contributed by atoms with Crippen LogP contribution in [0.3, 0.4) is 0 Å². The number of aromatic hydroxyl groups is 1. The fourth-order valence-electron chi connectivity index (χ4n) is 1.82. The Kier molecular flexibility index (Phi) is 4.23. The number of phenolic OH excluding ortho intramolecular Hbond substituents is 1. The van der Waals surface area contributed by atoms with Crippen LogP contribution in [0.25, 0.3) is 0 Å². The van der Waals surface area contributed by atoms with Crippen molar-refractivity contribution in [2.45, 2.75) is 0 Å². The number of rotatable bonds is 3. The molecule has 1 amide bonds. The molecule has 108 valence electrons. The Hall–Kier alpha value is -2.41. The van der Waals surface area contributed by atoms with Crippen molar-refractivity contribution in [1.82, 2.24) is 0 Å². The van der Waals surface area contributed by atoms with E-state index in [9.17, 15) is 20.0 Å². The number of non-ortho nitro benzene ring substituents is 1. The molecule has 2 rings (SSSR count). The topological polar surface area (TPSA) is 83.7 Å². The van der Waals surface area contributed by atoms with E-state index in [0.717, 1.165) is 0 Å². The number of anilines is 1. The molecule has 0 spiro atoms. The molecule has 0 fully saturated rings. The lowest BCUT2D eigenvalue weighted by molar-refractivity contribution is -0.384. The van der Waals surface area contributed by atoms with Crippen LogP contribution in [0, 0.1) is 10.1 Å². The maximum atomic E-state index is 12.4. The average molecular weight is 351 g/mol. The van der Waals surface area contributed by atoms with Gasteiger partial charge in [0.2, 0.25) is 0 Å². The third-order valence-corrected chi connectivity index (χ3v) is 3.32. The number of benzene rings is 2. The molecule has 0 saturated carbocycles. The van der Waals surface area contributed by atoms with Crippen molar-refractivity contribution in [2.24, 2.45) is 0 Å². The molecule has 0 aliphatic rings. The van der Waals surface area contributed by atoms with Crippen molar-refractivity contribution in [1.29, 1.82) is 0 Å². The van der Waals surface area contributed by atoms with E-state index in [4.69, 9.17) is 0 Å². The van der Waals surface area contributed by atoms with E-state index in [2.05, 4.69) is 15.9 Å². The normalized spacial score (nSPS) is 10.2. The van der Waals surface area contributed by atoms with Crippen LogP contribution in [0.5, 0.6) is 5.75 Å². The number of nitro groups is 1. The van der Waals surface area contributed by atoms with Crippen molar-refractivity contribution < 1.29 is 14.8 Å². The Bertz CT molecular complexity index is 718. The average Bonchev–Trinajstić information content (AvgIpc) is 2.45. The quantitative estimate of drug-likeness (QED) is 0.679. The van der Waals surface area contributed by atoms with Gasteiger partial charge in [0, 0.05) is 41.0 Å². The second-order valence-electron chi connectivity index (χ2n) is 4.34. The molecule has 0 bridgehead atoms. The predicted molar refractivity (Wildman–Crippen MR) is 81.6 cm³/mol. The van der Waals surface area contributed by atoms with Gasteiger partial charge < -0.3 is 10.0 Å². The summed E-state index contributed by atoms with van der Waals surface area (Å²) in [6, 6.07) is 10.2. The highest BCUT2D eigenvalue weighted by molar-refractivity contribution is 9.10. The molecule has 2 aromatic rings. The number of halogens is 1. The molecule has 21 heavy (non-hydrogen) atoms. The smallest absolute Gasteiger partial charge is 0.271 e. The first-order valence-electron chi connectivity index (χ1n) is 5.90. The third-order valence-electron chi connectivity index (χ3n) is 2.86. The molecular weight excluding hydrogens is 340 g/mol. The van der Waals surface area contributed by atoms with Gasteiger partial charge in [0.25, 0.3) is 11.6 Å². The van der Waals surface area contributed by atoms with Crippen LogP contribution >= 0.6 is 15.9 Å². The van der Waals surface area contributed by atoms with E-state index in [1.54, 1.807) is 12.1 Å². The summed E-state index contributed by atoms with van der Waals surface area (Å²) in [6.45, 7) is 0. The lowest BCUT2D eigenvalue weighted by Gasteiger charge is -2.17. The molecule has 0 aromatic heterocycles. The molecule has 0 unspecified atom stereocenters.